The van der Waals surface area contributed by atoms with Gasteiger partial charge in [-0.3, -0.25) is 0 Å². The van der Waals surface area contributed by atoms with Gasteiger partial charge in [-0.15, -0.1) is 0 Å². The molecule has 0 N–H and O–H groups in total. The molecule has 1 heterocycles. The summed E-state index contributed by atoms with van der Waals surface area (Å²) < 4.78 is 25.1. The number of unbranched alkanes of at least 4 members (excludes halogenated alkanes) is 5. The van der Waals surface area contributed by atoms with Crippen molar-refractivity contribution in [2.24, 2.45) is 11.3 Å². The first-order valence-corrected chi connectivity index (χ1v) is 12.3. The SMILES string of the molecule is CCCCCCCCC(CC1(CC)COC1)C(OC(C)C)(OC(C)C)OC(C)C. The van der Waals surface area contributed by atoms with E-state index in [2.05, 4.69) is 55.4 Å². The molecule has 1 fully saturated rings. The molecule has 0 aliphatic carbocycles. The minimum Gasteiger partial charge on any atom is -0.380 e. The van der Waals surface area contributed by atoms with Crippen molar-refractivity contribution in [3.8, 4) is 0 Å². The molecule has 0 bridgehead atoms. The van der Waals surface area contributed by atoms with Crippen molar-refractivity contribution in [2.75, 3.05) is 13.2 Å². The highest BCUT2D eigenvalue weighted by molar-refractivity contribution is 4.90. The fraction of sp³-hybridized carbons (Fsp3) is 1.00. The molecule has 1 aliphatic rings. The van der Waals surface area contributed by atoms with E-state index in [-0.39, 0.29) is 29.6 Å². The Labute approximate surface area is 181 Å². The maximum absolute atomic E-state index is 6.49. The predicted octanol–water partition coefficient (Wildman–Crippen LogP) is 7.10. The fourth-order valence-electron chi connectivity index (χ4n) is 4.31. The molecular formula is C25H50O4. The van der Waals surface area contributed by atoms with Gasteiger partial charge in [0.1, 0.15) is 0 Å². The molecule has 0 spiro atoms. The molecule has 0 aromatic heterocycles. The predicted molar refractivity (Wildman–Crippen MR) is 121 cm³/mol. The van der Waals surface area contributed by atoms with Crippen LogP contribution in [0.3, 0.4) is 0 Å². The number of ether oxygens (including phenoxy) is 4. The topological polar surface area (TPSA) is 36.9 Å². The van der Waals surface area contributed by atoms with Crippen molar-refractivity contribution in [2.45, 2.75) is 137 Å². The lowest BCUT2D eigenvalue weighted by molar-refractivity contribution is -0.436. The number of rotatable bonds is 17. The van der Waals surface area contributed by atoms with E-state index in [0.717, 1.165) is 32.5 Å². The number of hydrogen-bond donors (Lipinski definition) is 0. The van der Waals surface area contributed by atoms with Crippen LogP contribution in [-0.4, -0.2) is 37.5 Å². The van der Waals surface area contributed by atoms with E-state index in [4.69, 9.17) is 18.9 Å². The monoisotopic (exact) mass is 414 g/mol. The van der Waals surface area contributed by atoms with Gasteiger partial charge in [0.25, 0.3) is 5.97 Å². The standard InChI is InChI=1S/C25H50O4/c1-9-11-12-13-14-15-16-23(17-24(10-2)18-26-19-24)25(27-20(3)4,28-21(5)6)29-22(7)8/h20-23H,9-19H2,1-8H3. The maximum Gasteiger partial charge on any atom is 0.286 e. The molecular weight excluding hydrogens is 364 g/mol. The van der Waals surface area contributed by atoms with Gasteiger partial charge in [0.15, 0.2) is 0 Å². The second kappa shape index (κ2) is 13.3. The summed E-state index contributed by atoms with van der Waals surface area (Å²) in [5.74, 6) is -0.790. The lowest BCUT2D eigenvalue weighted by atomic mass is 9.73. The highest BCUT2D eigenvalue weighted by atomic mass is 16.9. The van der Waals surface area contributed by atoms with Gasteiger partial charge >= 0.3 is 0 Å². The molecule has 0 radical (unpaired) electrons. The lowest BCUT2D eigenvalue weighted by Gasteiger charge is -2.49. The largest absolute Gasteiger partial charge is 0.380 e. The molecule has 29 heavy (non-hydrogen) atoms. The van der Waals surface area contributed by atoms with Gasteiger partial charge < -0.3 is 18.9 Å². The van der Waals surface area contributed by atoms with Crippen LogP contribution in [0.4, 0.5) is 0 Å². The normalized spacial score (nSPS) is 17.9. The molecule has 1 unspecified atom stereocenters. The minimum absolute atomic E-state index is 0.0368. The average Bonchev–Trinajstić information content (AvgIpc) is 2.57. The van der Waals surface area contributed by atoms with Crippen molar-refractivity contribution in [1.82, 2.24) is 0 Å². The summed E-state index contributed by atoms with van der Waals surface area (Å²) in [5.41, 5.74) is 0.235. The van der Waals surface area contributed by atoms with Crippen LogP contribution in [0.5, 0.6) is 0 Å². The van der Waals surface area contributed by atoms with E-state index in [1.165, 1.54) is 38.5 Å². The van der Waals surface area contributed by atoms with E-state index in [0.29, 0.717) is 0 Å². The molecule has 0 saturated carbocycles. The smallest absolute Gasteiger partial charge is 0.286 e. The molecule has 1 atom stereocenters. The Morgan fingerprint density at radius 1 is 0.759 bits per heavy atom. The van der Waals surface area contributed by atoms with E-state index in [9.17, 15) is 0 Å². The summed E-state index contributed by atoms with van der Waals surface area (Å²) in [5, 5.41) is 0. The van der Waals surface area contributed by atoms with Crippen molar-refractivity contribution in [1.29, 1.82) is 0 Å². The van der Waals surface area contributed by atoms with Crippen LogP contribution in [-0.2, 0) is 18.9 Å². The molecule has 1 aliphatic heterocycles. The minimum atomic E-state index is -0.988. The van der Waals surface area contributed by atoms with E-state index < -0.39 is 5.97 Å². The van der Waals surface area contributed by atoms with Gasteiger partial charge in [-0.25, -0.2) is 0 Å². The third kappa shape index (κ3) is 9.25. The van der Waals surface area contributed by atoms with Crippen molar-refractivity contribution in [3.05, 3.63) is 0 Å². The Kier molecular flexibility index (Phi) is 12.3. The fourth-order valence-corrected chi connectivity index (χ4v) is 4.31. The van der Waals surface area contributed by atoms with E-state index in [1.807, 2.05) is 0 Å². The quantitative estimate of drug-likeness (QED) is 0.188. The zero-order valence-electron chi connectivity index (χ0n) is 20.7. The van der Waals surface area contributed by atoms with Crippen LogP contribution in [0, 0.1) is 11.3 Å². The zero-order valence-corrected chi connectivity index (χ0v) is 20.7. The summed E-state index contributed by atoms with van der Waals surface area (Å²) >= 11 is 0. The zero-order chi connectivity index (χ0) is 21.9. The summed E-state index contributed by atoms with van der Waals surface area (Å²) in [6, 6.07) is 0. The molecule has 1 saturated heterocycles. The van der Waals surface area contributed by atoms with Gasteiger partial charge in [-0.2, -0.15) is 0 Å². The summed E-state index contributed by atoms with van der Waals surface area (Å²) in [4.78, 5) is 0. The third-order valence-corrected chi connectivity index (χ3v) is 5.85. The third-order valence-electron chi connectivity index (χ3n) is 5.85. The molecule has 0 aromatic carbocycles. The van der Waals surface area contributed by atoms with Crippen LogP contribution in [0.25, 0.3) is 0 Å². The van der Waals surface area contributed by atoms with Crippen LogP contribution in [0.1, 0.15) is 113 Å². The molecule has 4 nitrogen and oxygen atoms in total. The maximum atomic E-state index is 6.49. The Balaban J connectivity index is 3.03. The molecule has 174 valence electrons. The van der Waals surface area contributed by atoms with Crippen LogP contribution >= 0.6 is 0 Å². The van der Waals surface area contributed by atoms with Crippen molar-refractivity contribution in [3.63, 3.8) is 0 Å². The summed E-state index contributed by atoms with van der Waals surface area (Å²) in [7, 11) is 0. The van der Waals surface area contributed by atoms with E-state index >= 15 is 0 Å². The van der Waals surface area contributed by atoms with Gasteiger partial charge in [-0.05, 0) is 60.8 Å². The van der Waals surface area contributed by atoms with Crippen LogP contribution < -0.4 is 0 Å². The van der Waals surface area contributed by atoms with Crippen molar-refractivity contribution >= 4 is 0 Å². The van der Waals surface area contributed by atoms with E-state index in [1.54, 1.807) is 0 Å². The van der Waals surface area contributed by atoms with Crippen molar-refractivity contribution < 1.29 is 18.9 Å². The first kappa shape index (κ1) is 26.9. The lowest BCUT2D eigenvalue weighted by Crippen LogP contribution is -2.54. The van der Waals surface area contributed by atoms with Crippen LogP contribution in [0.15, 0.2) is 0 Å². The van der Waals surface area contributed by atoms with Gasteiger partial charge in [0.2, 0.25) is 0 Å². The van der Waals surface area contributed by atoms with Gasteiger partial charge in [0, 0.05) is 11.3 Å². The molecule has 4 heteroatoms. The summed E-state index contributed by atoms with van der Waals surface area (Å²) in [6.07, 6.45) is 11.1. The highest BCUT2D eigenvalue weighted by Gasteiger charge is 2.50. The summed E-state index contributed by atoms with van der Waals surface area (Å²) in [6.45, 7) is 18.7. The van der Waals surface area contributed by atoms with Gasteiger partial charge in [0.05, 0.1) is 31.5 Å². The molecule has 0 amide bonds. The Morgan fingerprint density at radius 2 is 1.24 bits per heavy atom. The number of hydrogen-bond acceptors (Lipinski definition) is 4. The first-order valence-electron chi connectivity index (χ1n) is 12.3. The Bertz CT molecular complexity index is 383. The highest BCUT2D eigenvalue weighted by Crippen LogP contribution is 2.45. The molecule has 1 rings (SSSR count). The van der Waals surface area contributed by atoms with Crippen LogP contribution in [0.2, 0.25) is 0 Å². The van der Waals surface area contributed by atoms with Gasteiger partial charge in [-0.1, -0.05) is 52.4 Å². The Hall–Kier alpha value is -0.160. The average molecular weight is 415 g/mol. The Morgan fingerprint density at radius 3 is 1.62 bits per heavy atom. The second-order valence-corrected chi connectivity index (χ2v) is 9.91. The first-order chi connectivity index (χ1) is 13.7. The second-order valence-electron chi connectivity index (χ2n) is 9.91. The molecule has 0 aromatic rings.